The van der Waals surface area contributed by atoms with Crippen molar-refractivity contribution in [2.75, 3.05) is 24.6 Å². The molecule has 0 aliphatic carbocycles. The Morgan fingerprint density at radius 3 is 2.48 bits per heavy atom. The van der Waals surface area contributed by atoms with Crippen molar-refractivity contribution in [3.8, 4) is 17.2 Å². The maximum atomic E-state index is 13.5. The molecule has 3 aliphatic rings. The number of aliphatic hydroxyl groups is 3. The summed E-state index contributed by atoms with van der Waals surface area (Å²) < 4.78 is 8.07. The third kappa shape index (κ3) is 8.06. The molecular weight excluding hydrogens is 831 g/mol. The second-order valence-corrected chi connectivity index (χ2v) is 17.4. The van der Waals surface area contributed by atoms with Crippen LogP contribution in [0.15, 0.2) is 78.0 Å². The summed E-state index contributed by atoms with van der Waals surface area (Å²) in [6.45, 7) is 9.01. The minimum Gasteiger partial charge on any atom is -0.508 e. The Morgan fingerprint density at radius 1 is 1.06 bits per heavy atom. The molecule has 16 heteroatoms. The van der Waals surface area contributed by atoms with Crippen molar-refractivity contribution in [2.45, 2.75) is 90.6 Å². The van der Waals surface area contributed by atoms with Gasteiger partial charge in [-0.15, -0.1) is 0 Å². The number of anilines is 1. The van der Waals surface area contributed by atoms with Crippen LogP contribution in [0.3, 0.4) is 0 Å². The first kappa shape index (κ1) is 44.8. The Hall–Kier alpha value is -6.75. The first-order valence-corrected chi connectivity index (χ1v) is 22.1. The van der Waals surface area contributed by atoms with Crippen LogP contribution in [-0.2, 0) is 24.3 Å². The molecule has 0 saturated carbocycles. The normalized spacial score (nSPS) is 17.3. The van der Waals surface area contributed by atoms with Crippen LogP contribution in [0.2, 0.25) is 0 Å². The van der Waals surface area contributed by atoms with Gasteiger partial charge in [-0.25, -0.2) is 19.5 Å². The van der Waals surface area contributed by atoms with Gasteiger partial charge in [0, 0.05) is 65.9 Å². The first-order chi connectivity index (χ1) is 31.1. The number of hydrogen-bond acceptors (Lipinski definition) is 12. The molecule has 3 aromatic carbocycles. The summed E-state index contributed by atoms with van der Waals surface area (Å²) in [4.78, 5) is 47.6. The maximum absolute atomic E-state index is 13.5. The molecule has 8 rings (SSSR count). The molecule has 2 atom stereocenters. The highest BCUT2D eigenvalue weighted by atomic mass is 16.6. The van der Waals surface area contributed by atoms with E-state index in [1.54, 1.807) is 47.1 Å². The van der Waals surface area contributed by atoms with Gasteiger partial charge in [0.05, 0.1) is 34.8 Å². The molecule has 8 N–H and O–H groups in total. The molecule has 1 fully saturated rings. The molecule has 5 aromatic rings. The molecule has 0 spiro atoms. The Balaban J connectivity index is 0.906. The molecule has 3 amide bonds. The lowest BCUT2D eigenvalue weighted by Gasteiger charge is -2.36. The molecule has 340 valence electrons. The molecule has 3 aliphatic heterocycles. The number of ether oxygens (including phenoxy) is 1. The number of fused-ring (bicyclic) bond motifs is 5. The number of amides is 3. The van der Waals surface area contributed by atoms with E-state index in [9.17, 15) is 39.9 Å². The fourth-order valence-corrected chi connectivity index (χ4v) is 9.57. The van der Waals surface area contributed by atoms with Gasteiger partial charge in [-0.2, -0.15) is 0 Å². The number of carbonyl (C=O) groups is 3. The van der Waals surface area contributed by atoms with E-state index in [-0.39, 0.29) is 46.4 Å². The van der Waals surface area contributed by atoms with E-state index in [1.165, 1.54) is 12.1 Å². The number of aldehydes is 1. The highest BCUT2D eigenvalue weighted by molar-refractivity contribution is 6.22. The Kier molecular flexibility index (Phi) is 12.2. The summed E-state index contributed by atoms with van der Waals surface area (Å²) >= 11 is 0. The van der Waals surface area contributed by atoms with Gasteiger partial charge in [0.15, 0.2) is 12.5 Å². The number of piperidine rings is 1. The number of phenolic OH excluding ortho intramolecular Hbond substituents is 2. The molecular formula is C49H55N7O9. The fourth-order valence-electron chi connectivity index (χ4n) is 9.57. The van der Waals surface area contributed by atoms with Gasteiger partial charge >= 0.3 is 12.1 Å². The minimum absolute atomic E-state index is 0.0634. The Bertz CT molecular complexity index is 2810. The number of benzene rings is 3. The Labute approximate surface area is 376 Å². The third-order valence-corrected chi connectivity index (χ3v) is 13.3. The average Bonchev–Trinajstić information content (AvgIpc) is 3.88. The second-order valence-electron chi connectivity index (χ2n) is 17.4. The van der Waals surface area contributed by atoms with Gasteiger partial charge in [-0.3, -0.25) is 10.2 Å². The number of hydrogen-bond donors (Lipinski definition) is 7. The van der Waals surface area contributed by atoms with E-state index in [0.29, 0.717) is 72.2 Å². The fraction of sp³-hybridized carbons (Fsp3) is 0.367. The summed E-state index contributed by atoms with van der Waals surface area (Å²) in [6, 6.07) is 14.4. The zero-order valence-electron chi connectivity index (χ0n) is 36.9. The smallest absolute Gasteiger partial charge is 0.415 e. The zero-order chi connectivity index (χ0) is 46.5. The molecule has 2 unspecified atom stereocenters. The van der Waals surface area contributed by atoms with Crippen LogP contribution in [-0.4, -0.2) is 101 Å². The van der Waals surface area contributed by atoms with E-state index in [2.05, 4.69) is 4.57 Å². The number of aromatic nitrogens is 2. The lowest BCUT2D eigenvalue weighted by molar-refractivity contribution is -0.121. The number of urea groups is 1. The van der Waals surface area contributed by atoms with Crippen molar-refractivity contribution in [2.24, 2.45) is 11.7 Å². The van der Waals surface area contributed by atoms with E-state index in [4.69, 9.17) is 20.9 Å². The molecule has 65 heavy (non-hydrogen) atoms. The molecule has 0 radical (unpaired) electrons. The van der Waals surface area contributed by atoms with E-state index in [0.717, 1.165) is 58.1 Å². The summed E-state index contributed by atoms with van der Waals surface area (Å²) in [6.07, 6.45) is 5.54. The largest absolute Gasteiger partial charge is 0.508 e. The summed E-state index contributed by atoms with van der Waals surface area (Å²) in [5.41, 5.74) is 9.81. The number of nitrogens with zero attached hydrogens (tertiary/aromatic N) is 5. The maximum Gasteiger partial charge on any atom is 0.415 e. The van der Waals surface area contributed by atoms with Crippen LogP contribution in [0.4, 0.5) is 15.3 Å². The average molecular weight is 886 g/mol. The lowest BCUT2D eigenvalue weighted by Crippen LogP contribution is -2.42. The minimum atomic E-state index is -1.87. The number of amidine groups is 1. The highest BCUT2D eigenvalue weighted by Gasteiger charge is 2.42. The quantitative estimate of drug-likeness (QED) is 0.0399. The van der Waals surface area contributed by atoms with Crippen LogP contribution in [0.5, 0.6) is 17.2 Å². The predicted octanol–water partition coefficient (Wildman–Crippen LogP) is 6.62. The Morgan fingerprint density at radius 2 is 1.82 bits per heavy atom. The van der Waals surface area contributed by atoms with Crippen LogP contribution in [0.1, 0.15) is 87.2 Å². The monoisotopic (exact) mass is 885 g/mol. The summed E-state index contributed by atoms with van der Waals surface area (Å²) in [5.74, 6) is -0.0871. The van der Waals surface area contributed by atoms with Crippen LogP contribution in [0.25, 0.3) is 27.5 Å². The van der Waals surface area contributed by atoms with Gasteiger partial charge in [-0.1, -0.05) is 27.7 Å². The summed E-state index contributed by atoms with van der Waals surface area (Å²) in [5, 5.41) is 64.0. The molecule has 1 saturated heterocycles. The van der Waals surface area contributed by atoms with Crippen LogP contribution < -0.4 is 15.4 Å². The third-order valence-electron chi connectivity index (χ3n) is 13.3. The van der Waals surface area contributed by atoms with E-state index < -0.39 is 30.6 Å². The molecule has 0 bridgehead atoms. The zero-order valence-corrected chi connectivity index (χ0v) is 36.9. The number of nitrogens with two attached hydrogens (primary N) is 1. The van der Waals surface area contributed by atoms with Gasteiger partial charge in [-0.05, 0) is 115 Å². The molecule has 2 aromatic heterocycles. The number of likely N-dealkylation sites (tertiary alicyclic amines) is 1. The van der Waals surface area contributed by atoms with Crippen molar-refractivity contribution in [3.63, 3.8) is 0 Å². The van der Waals surface area contributed by atoms with E-state index in [1.807, 2.05) is 45.2 Å². The van der Waals surface area contributed by atoms with Crippen molar-refractivity contribution >= 4 is 57.4 Å². The SMILES string of the molecule is CCc1c2c(nc3ccc(OC(=O)N4CCC(CCn5ccc6cc(N(C(=N)c7cc(C(C)C)c(O)cc7O)C(N)=O)ccc65)CC4)cc13)C1=CC(C(O)(C=O)CC)=C(CO)C(O)N1C2. The summed E-state index contributed by atoms with van der Waals surface area (Å²) in [7, 11) is 0. The lowest BCUT2D eigenvalue weighted by atomic mass is 9.85. The van der Waals surface area contributed by atoms with Crippen LogP contribution in [0, 0.1) is 11.3 Å². The standard InChI is InChI=1S/C49H55N7O9/c1-5-32-34-20-31(8-9-39(34)52-44-36(32)24-55-41(44)22-38(37(25-57)46(55)61)49(64,6-2)26-58)65-48(63)54-16-12-28(13-17-54)11-15-53-18-14-29-19-30(7-10-40(29)53)56(47(51)62)45(50)35-21-33(27(3)4)42(59)23-43(35)60/h7-10,14,18-23,26-28,46,50,57,59-61,64H,5-6,11-13,15-17,24-25H2,1-4H3,(H2,51,62). The topological polar surface area (TPSA) is 239 Å². The number of aliphatic hydroxyl groups excluding tert-OH is 2. The van der Waals surface area contributed by atoms with Crippen molar-refractivity contribution in [3.05, 3.63) is 106 Å². The number of phenols is 2. The van der Waals surface area contributed by atoms with E-state index >= 15 is 0 Å². The van der Waals surface area contributed by atoms with Gasteiger partial charge < -0.3 is 50.4 Å². The predicted molar refractivity (Wildman–Crippen MR) is 246 cm³/mol. The number of primary amides is 1. The first-order valence-electron chi connectivity index (χ1n) is 22.1. The number of pyridine rings is 1. The molecule has 16 nitrogen and oxygen atoms in total. The number of aryl methyl sites for hydroxylation is 2. The highest BCUT2D eigenvalue weighted by Crippen LogP contribution is 2.45. The van der Waals surface area contributed by atoms with Gasteiger partial charge in [0.1, 0.15) is 28.7 Å². The number of carbonyl (C=O) groups excluding carboxylic acids is 3. The van der Waals surface area contributed by atoms with Crippen molar-refractivity contribution in [1.29, 1.82) is 5.41 Å². The number of rotatable bonds is 12. The number of nitrogens with one attached hydrogen (secondary N) is 1. The number of aromatic hydroxyl groups is 2. The van der Waals surface area contributed by atoms with Crippen molar-refractivity contribution < 1.29 is 44.7 Å². The second kappa shape index (κ2) is 17.7. The van der Waals surface area contributed by atoms with Crippen LogP contribution >= 0.6 is 0 Å². The van der Waals surface area contributed by atoms with Gasteiger partial charge in [0.25, 0.3) is 0 Å². The van der Waals surface area contributed by atoms with Gasteiger partial charge in [0.2, 0.25) is 0 Å². The van der Waals surface area contributed by atoms with Crippen molar-refractivity contribution in [1.82, 2.24) is 19.4 Å². The molecule has 5 heterocycles.